The maximum atomic E-state index is 12.7. The van der Waals surface area contributed by atoms with Gasteiger partial charge in [0, 0.05) is 11.3 Å². The van der Waals surface area contributed by atoms with Crippen LogP contribution in [0.2, 0.25) is 0 Å². The number of anilines is 1. The van der Waals surface area contributed by atoms with E-state index in [2.05, 4.69) is 16.0 Å². The van der Waals surface area contributed by atoms with Gasteiger partial charge in [0.1, 0.15) is 5.75 Å². The summed E-state index contributed by atoms with van der Waals surface area (Å²) in [6.45, 7) is 6.54. The van der Waals surface area contributed by atoms with E-state index in [0.717, 1.165) is 5.56 Å². The second-order valence-corrected chi connectivity index (χ2v) is 8.70. The Bertz CT molecular complexity index is 1130. The molecule has 0 aromatic heterocycles. The SMILES string of the molecule is CC(C)COc1ccccc1C(=O)NC(=S)Nc1ccc(C(=O)NC(C)c2ccccc2)cc1. The molecule has 6 nitrogen and oxygen atoms in total. The predicted molar refractivity (Wildman–Crippen MR) is 139 cm³/mol. The van der Waals surface area contributed by atoms with Gasteiger partial charge in [-0.25, -0.2) is 0 Å². The minimum Gasteiger partial charge on any atom is -0.492 e. The van der Waals surface area contributed by atoms with E-state index in [0.29, 0.717) is 35.1 Å². The first-order valence-corrected chi connectivity index (χ1v) is 11.5. The average molecular weight is 476 g/mol. The Kier molecular flexibility index (Phi) is 8.76. The second-order valence-electron chi connectivity index (χ2n) is 8.29. The van der Waals surface area contributed by atoms with Gasteiger partial charge >= 0.3 is 0 Å². The summed E-state index contributed by atoms with van der Waals surface area (Å²) in [6, 6.07) is 23.6. The van der Waals surface area contributed by atoms with Crippen molar-refractivity contribution >= 4 is 34.8 Å². The predicted octanol–water partition coefficient (Wildman–Crippen LogP) is 5.34. The van der Waals surface area contributed by atoms with Crippen molar-refractivity contribution in [1.82, 2.24) is 10.6 Å². The lowest BCUT2D eigenvalue weighted by molar-refractivity contribution is 0.0938. The zero-order valence-electron chi connectivity index (χ0n) is 19.5. The summed E-state index contributed by atoms with van der Waals surface area (Å²) in [7, 11) is 0. The molecule has 3 aromatic rings. The molecule has 0 bridgehead atoms. The maximum Gasteiger partial charge on any atom is 0.261 e. The molecular formula is C27H29N3O3S. The Balaban J connectivity index is 1.56. The van der Waals surface area contributed by atoms with Crippen LogP contribution < -0.4 is 20.7 Å². The van der Waals surface area contributed by atoms with Gasteiger partial charge in [-0.15, -0.1) is 0 Å². The van der Waals surface area contributed by atoms with Crippen molar-refractivity contribution in [2.45, 2.75) is 26.8 Å². The lowest BCUT2D eigenvalue weighted by atomic mass is 10.1. The topological polar surface area (TPSA) is 79.5 Å². The molecule has 0 saturated carbocycles. The van der Waals surface area contributed by atoms with E-state index in [9.17, 15) is 9.59 Å². The lowest BCUT2D eigenvalue weighted by Gasteiger charge is -2.15. The van der Waals surface area contributed by atoms with Gasteiger partial charge in [-0.1, -0.05) is 56.3 Å². The van der Waals surface area contributed by atoms with E-state index < -0.39 is 0 Å². The number of amides is 2. The normalized spacial score (nSPS) is 11.4. The molecule has 3 aromatic carbocycles. The summed E-state index contributed by atoms with van der Waals surface area (Å²) in [5, 5.41) is 8.79. The first-order chi connectivity index (χ1) is 16.3. The van der Waals surface area contributed by atoms with Crippen molar-refractivity contribution in [2.75, 3.05) is 11.9 Å². The average Bonchev–Trinajstić information content (AvgIpc) is 2.83. The fourth-order valence-electron chi connectivity index (χ4n) is 3.18. The van der Waals surface area contributed by atoms with Crippen molar-refractivity contribution in [1.29, 1.82) is 0 Å². The smallest absolute Gasteiger partial charge is 0.261 e. The Hall–Kier alpha value is -3.71. The number of para-hydroxylation sites is 1. The molecule has 34 heavy (non-hydrogen) atoms. The Morgan fingerprint density at radius 1 is 0.853 bits per heavy atom. The molecule has 3 rings (SSSR count). The van der Waals surface area contributed by atoms with Crippen LogP contribution in [0.1, 0.15) is 53.1 Å². The molecule has 176 valence electrons. The van der Waals surface area contributed by atoms with E-state index in [4.69, 9.17) is 17.0 Å². The van der Waals surface area contributed by atoms with Crippen LogP contribution >= 0.6 is 12.2 Å². The zero-order valence-corrected chi connectivity index (χ0v) is 20.3. The molecular weight excluding hydrogens is 446 g/mol. The minimum absolute atomic E-state index is 0.110. The highest BCUT2D eigenvalue weighted by Crippen LogP contribution is 2.19. The van der Waals surface area contributed by atoms with Crippen LogP contribution in [0.3, 0.4) is 0 Å². The number of benzene rings is 3. The summed E-state index contributed by atoms with van der Waals surface area (Å²) in [6.07, 6.45) is 0. The van der Waals surface area contributed by atoms with Crippen molar-refractivity contribution in [3.8, 4) is 5.75 Å². The van der Waals surface area contributed by atoms with Crippen molar-refractivity contribution in [3.63, 3.8) is 0 Å². The van der Waals surface area contributed by atoms with Gasteiger partial charge < -0.3 is 15.4 Å². The van der Waals surface area contributed by atoms with E-state index in [1.807, 2.05) is 57.2 Å². The number of hydrogen-bond acceptors (Lipinski definition) is 4. The third kappa shape index (κ3) is 7.15. The number of hydrogen-bond donors (Lipinski definition) is 3. The zero-order chi connectivity index (χ0) is 24.5. The highest BCUT2D eigenvalue weighted by atomic mass is 32.1. The molecule has 0 fully saturated rings. The third-order valence-electron chi connectivity index (χ3n) is 4.98. The van der Waals surface area contributed by atoms with E-state index in [1.54, 1.807) is 42.5 Å². The van der Waals surface area contributed by atoms with Gasteiger partial charge in [0.2, 0.25) is 0 Å². The van der Waals surface area contributed by atoms with Gasteiger partial charge in [-0.3, -0.25) is 14.9 Å². The molecule has 0 aliphatic carbocycles. The molecule has 0 saturated heterocycles. The first kappa shape index (κ1) is 24.9. The molecule has 1 unspecified atom stereocenters. The third-order valence-corrected chi connectivity index (χ3v) is 5.19. The summed E-state index contributed by atoms with van der Waals surface area (Å²) < 4.78 is 5.75. The summed E-state index contributed by atoms with van der Waals surface area (Å²) in [4.78, 5) is 25.3. The molecule has 0 radical (unpaired) electrons. The number of thiocarbonyl (C=S) groups is 1. The van der Waals surface area contributed by atoms with E-state index in [-0.39, 0.29) is 23.0 Å². The van der Waals surface area contributed by atoms with Crippen LogP contribution in [-0.2, 0) is 0 Å². The van der Waals surface area contributed by atoms with Crippen molar-refractivity contribution in [2.24, 2.45) is 5.92 Å². The number of rotatable bonds is 8. The molecule has 1 atom stereocenters. The molecule has 2 amide bonds. The number of ether oxygens (including phenoxy) is 1. The number of nitrogens with one attached hydrogen (secondary N) is 3. The fourth-order valence-corrected chi connectivity index (χ4v) is 3.39. The molecule has 0 aliphatic rings. The Labute approximate surface area is 205 Å². The maximum absolute atomic E-state index is 12.7. The largest absolute Gasteiger partial charge is 0.492 e. The second kappa shape index (κ2) is 12.0. The van der Waals surface area contributed by atoms with Crippen LogP contribution in [0, 0.1) is 5.92 Å². The van der Waals surface area contributed by atoms with Crippen molar-refractivity contribution in [3.05, 3.63) is 95.6 Å². The first-order valence-electron chi connectivity index (χ1n) is 11.1. The summed E-state index contributed by atoms with van der Waals surface area (Å²) in [5.74, 6) is 0.321. The molecule has 0 heterocycles. The monoisotopic (exact) mass is 475 g/mol. The van der Waals surface area contributed by atoms with Crippen LogP contribution in [0.25, 0.3) is 0 Å². The van der Waals surface area contributed by atoms with Gasteiger partial charge in [0.15, 0.2) is 5.11 Å². The molecule has 0 spiro atoms. The Morgan fingerprint density at radius 2 is 1.50 bits per heavy atom. The van der Waals surface area contributed by atoms with Crippen LogP contribution in [-0.4, -0.2) is 23.5 Å². The van der Waals surface area contributed by atoms with Gasteiger partial charge in [-0.05, 0) is 67.0 Å². The van der Waals surface area contributed by atoms with Crippen LogP contribution in [0.5, 0.6) is 5.75 Å². The summed E-state index contributed by atoms with van der Waals surface area (Å²) >= 11 is 5.29. The van der Waals surface area contributed by atoms with Crippen LogP contribution in [0.4, 0.5) is 5.69 Å². The standard InChI is InChI=1S/C27H29N3O3S/c1-18(2)17-33-24-12-8-7-11-23(24)26(32)30-27(34)29-22-15-13-21(14-16-22)25(31)28-19(3)20-9-5-4-6-10-20/h4-16,18-19H,17H2,1-3H3,(H,28,31)(H2,29,30,32,34). The summed E-state index contributed by atoms with van der Waals surface area (Å²) in [5.41, 5.74) is 2.63. The van der Waals surface area contributed by atoms with Gasteiger partial charge in [-0.2, -0.15) is 0 Å². The Morgan fingerprint density at radius 3 is 2.18 bits per heavy atom. The lowest BCUT2D eigenvalue weighted by Crippen LogP contribution is -2.34. The quantitative estimate of drug-likeness (QED) is 0.383. The highest BCUT2D eigenvalue weighted by Gasteiger charge is 2.15. The van der Waals surface area contributed by atoms with E-state index in [1.165, 1.54) is 0 Å². The highest BCUT2D eigenvalue weighted by molar-refractivity contribution is 7.80. The number of carbonyl (C=O) groups excluding carboxylic acids is 2. The van der Waals surface area contributed by atoms with Gasteiger partial charge in [0.05, 0.1) is 18.2 Å². The minimum atomic E-state index is -0.359. The molecule has 0 aliphatic heterocycles. The van der Waals surface area contributed by atoms with Crippen LogP contribution in [0.15, 0.2) is 78.9 Å². The fraction of sp³-hybridized carbons (Fsp3) is 0.222. The van der Waals surface area contributed by atoms with Gasteiger partial charge in [0.25, 0.3) is 11.8 Å². The van der Waals surface area contributed by atoms with Crippen molar-refractivity contribution < 1.29 is 14.3 Å². The van der Waals surface area contributed by atoms with E-state index >= 15 is 0 Å². The molecule has 7 heteroatoms. The molecule has 3 N–H and O–H groups in total. The number of carbonyl (C=O) groups is 2.